The topological polar surface area (TPSA) is 35.2 Å². The van der Waals surface area contributed by atoms with Crippen LogP contribution in [0, 0.1) is 11.8 Å². The molecule has 17 heavy (non-hydrogen) atoms. The highest BCUT2D eigenvalue weighted by Gasteiger charge is 2.35. The number of rotatable bonds is 6. The fraction of sp³-hybridized carbons (Fsp3) is 1.00. The van der Waals surface area contributed by atoms with Gasteiger partial charge in [-0.25, -0.2) is 0 Å². The van der Waals surface area contributed by atoms with Gasteiger partial charge in [-0.3, -0.25) is 0 Å². The lowest BCUT2D eigenvalue weighted by atomic mass is 9.77. The molecule has 2 aliphatic rings. The second-order valence-corrected chi connectivity index (χ2v) is 6.23. The molecule has 0 bridgehead atoms. The Bertz CT molecular complexity index is 217. The van der Waals surface area contributed by atoms with Gasteiger partial charge in [0.2, 0.25) is 0 Å². The molecule has 0 aromatic heterocycles. The molecule has 0 aromatic rings. The monoisotopic (exact) mass is 239 g/mol. The summed E-state index contributed by atoms with van der Waals surface area (Å²) in [6, 6.07) is 0. The fourth-order valence-electron chi connectivity index (χ4n) is 3.26. The van der Waals surface area contributed by atoms with E-state index in [1.54, 1.807) is 0 Å². The van der Waals surface area contributed by atoms with Crippen molar-refractivity contribution >= 4 is 0 Å². The first-order chi connectivity index (χ1) is 8.28. The van der Waals surface area contributed by atoms with E-state index in [0.29, 0.717) is 0 Å². The van der Waals surface area contributed by atoms with E-state index in [9.17, 15) is 0 Å². The summed E-state index contributed by atoms with van der Waals surface area (Å²) >= 11 is 0. The van der Waals surface area contributed by atoms with E-state index in [0.717, 1.165) is 25.0 Å². The predicted molar refractivity (Wildman–Crippen MR) is 71.9 cm³/mol. The second kappa shape index (κ2) is 6.19. The highest BCUT2D eigenvalue weighted by molar-refractivity contribution is 4.89. The van der Waals surface area contributed by atoms with Crippen molar-refractivity contribution in [2.75, 3.05) is 13.2 Å². The highest BCUT2D eigenvalue weighted by Crippen LogP contribution is 2.37. The molecule has 0 amide bonds. The van der Waals surface area contributed by atoms with Crippen molar-refractivity contribution in [3.05, 3.63) is 0 Å². The summed E-state index contributed by atoms with van der Waals surface area (Å²) in [5, 5.41) is 0. The van der Waals surface area contributed by atoms with Gasteiger partial charge in [-0.2, -0.15) is 0 Å². The van der Waals surface area contributed by atoms with E-state index in [-0.39, 0.29) is 5.60 Å². The van der Waals surface area contributed by atoms with Crippen LogP contribution in [0.25, 0.3) is 0 Å². The van der Waals surface area contributed by atoms with E-state index >= 15 is 0 Å². The maximum Gasteiger partial charge on any atom is 0.0804 e. The van der Waals surface area contributed by atoms with Crippen LogP contribution in [0.2, 0.25) is 0 Å². The van der Waals surface area contributed by atoms with Crippen molar-refractivity contribution in [2.45, 2.75) is 70.3 Å². The predicted octanol–water partition coefficient (Wildman–Crippen LogP) is 3.49. The van der Waals surface area contributed by atoms with Crippen molar-refractivity contribution in [1.29, 1.82) is 0 Å². The molecule has 2 aliphatic carbocycles. The van der Waals surface area contributed by atoms with Gasteiger partial charge in [-0.1, -0.05) is 26.2 Å². The van der Waals surface area contributed by atoms with Gasteiger partial charge in [-0.15, -0.1) is 0 Å². The summed E-state index contributed by atoms with van der Waals surface area (Å²) in [5.41, 5.74) is 6.02. The molecule has 100 valence electrons. The van der Waals surface area contributed by atoms with Gasteiger partial charge < -0.3 is 10.5 Å². The number of hydrogen-bond donors (Lipinski definition) is 1. The maximum absolute atomic E-state index is 6.23. The normalized spacial score (nSPS) is 34.6. The average Bonchev–Trinajstić information content (AvgIpc) is 2.30. The van der Waals surface area contributed by atoms with Crippen LogP contribution < -0.4 is 5.73 Å². The van der Waals surface area contributed by atoms with E-state index in [4.69, 9.17) is 10.5 Å². The van der Waals surface area contributed by atoms with E-state index in [2.05, 4.69) is 6.92 Å². The van der Waals surface area contributed by atoms with Crippen LogP contribution in [0.4, 0.5) is 0 Å². The van der Waals surface area contributed by atoms with Crippen LogP contribution in [0.3, 0.4) is 0 Å². The minimum atomic E-state index is 0.0415. The average molecular weight is 239 g/mol. The van der Waals surface area contributed by atoms with E-state index < -0.39 is 0 Å². The fourth-order valence-corrected chi connectivity index (χ4v) is 3.26. The summed E-state index contributed by atoms with van der Waals surface area (Å²) in [4.78, 5) is 0. The molecule has 2 heteroatoms. The first kappa shape index (κ1) is 13.4. The van der Waals surface area contributed by atoms with Crippen LogP contribution in [0.15, 0.2) is 0 Å². The molecule has 2 rings (SSSR count). The van der Waals surface area contributed by atoms with Crippen molar-refractivity contribution < 1.29 is 4.74 Å². The smallest absolute Gasteiger partial charge is 0.0804 e. The zero-order valence-corrected chi connectivity index (χ0v) is 11.4. The van der Waals surface area contributed by atoms with Gasteiger partial charge in [0, 0.05) is 6.54 Å². The Hall–Kier alpha value is -0.0800. The minimum absolute atomic E-state index is 0.0415. The molecule has 2 fully saturated rings. The lowest BCUT2D eigenvalue weighted by Gasteiger charge is -2.41. The Morgan fingerprint density at radius 3 is 2.29 bits per heavy atom. The van der Waals surface area contributed by atoms with Gasteiger partial charge in [0.25, 0.3) is 0 Å². The summed E-state index contributed by atoms with van der Waals surface area (Å²) in [5.74, 6) is 1.78. The zero-order valence-electron chi connectivity index (χ0n) is 11.4. The molecular weight excluding hydrogens is 210 g/mol. The number of nitrogens with two attached hydrogens (primary N) is 1. The van der Waals surface area contributed by atoms with Crippen molar-refractivity contribution in [3.8, 4) is 0 Å². The van der Waals surface area contributed by atoms with Crippen molar-refractivity contribution in [1.82, 2.24) is 0 Å². The van der Waals surface area contributed by atoms with Gasteiger partial charge in [0.15, 0.2) is 0 Å². The SMILES string of the molecule is CCCC1CCC(CN)(OCC2CCC2)CC1. The van der Waals surface area contributed by atoms with Crippen molar-refractivity contribution in [2.24, 2.45) is 17.6 Å². The Morgan fingerprint density at radius 2 is 1.82 bits per heavy atom. The lowest BCUT2D eigenvalue weighted by molar-refractivity contribution is -0.0924. The van der Waals surface area contributed by atoms with Gasteiger partial charge in [-0.05, 0) is 50.4 Å². The minimum Gasteiger partial charge on any atom is -0.373 e. The Morgan fingerprint density at radius 1 is 1.12 bits per heavy atom. The van der Waals surface area contributed by atoms with Crippen LogP contribution >= 0.6 is 0 Å². The largest absolute Gasteiger partial charge is 0.373 e. The quantitative estimate of drug-likeness (QED) is 0.770. The van der Waals surface area contributed by atoms with Crippen LogP contribution in [0.1, 0.15) is 64.7 Å². The molecule has 0 aliphatic heterocycles. The molecule has 0 spiro atoms. The van der Waals surface area contributed by atoms with Crippen LogP contribution in [-0.2, 0) is 4.74 Å². The van der Waals surface area contributed by atoms with Crippen LogP contribution in [-0.4, -0.2) is 18.8 Å². The Balaban J connectivity index is 1.75. The maximum atomic E-state index is 6.23. The third kappa shape index (κ3) is 3.45. The van der Waals surface area contributed by atoms with Gasteiger partial charge >= 0.3 is 0 Å². The summed E-state index contributed by atoms with van der Waals surface area (Å²) in [6.07, 6.45) is 11.9. The van der Waals surface area contributed by atoms with Crippen molar-refractivity contribution in [3.63, 3.8) is 0 Å². The molecule has 0 radical (unpaired) electrons. The highest BCUT2D eigenvalue weighted by atomic mass is 16.5. The molecule has 0 atom stereocenters. The molecule has 0 saturated heterocycles. The molecule has 0 aromatic carbocycles. The molecule has 2 nitrogen and oxygen atoms in total. The molecule has 0 unspecified atom stereocenters. The van der Waals surface area contributed by atoms with E-state index in [1.807, 2.05) is 0 Å². The summed E-state index contributed by atoms with van der Waals surface area (Å²) in [7, 11) is 0. The number of ether oxygens (including phenoxy) is 1. The lowest BCUT2D eigenvalue weighted by Crippen LogP contribution is -2.45. The second-order valence-electron chi connectivity index (χ2n) is 6.23. The summed E-state index contributed by atoms with van der Waals surface area (Å²) in [6.45, 7) is 3.98. The molecule has 2 saturated carbocycles. The summed E-state index contributed by atoms with van der Waals surface area (Å²) < 4.78 is 6.23. The molecule has 0 heterocycles. The third-order valence-corrected chi connectivity index (χ3v) is 4.94. The first-order valence-electron chi connectivity index (χ1n) is 7.62. The Kier molecular flexibility index (Phi) is 4.87. The van der Waals surface area contributed by atoms with Gasteiger partial charge in [0.1, 0.15) is 0 Å². The van der Waals surface area contributed by atoms with Crippen LogP contribution in [0.5, 0.6) is 0 Å². The third-order valence-electron chi connectivity index (χ3n) is 4.94. The first-order valence-corrected chi connectivity index (χ1v) is 7.62. The molecule has 2 N–H and O–H groups in total. The number of hydrogen-bond acceptors (Lipinski definition) is 2. The standard InChI is InChI=1S/C15H29NO/c1-2-4-13-7-9-15(12-16,10-8-13)17-11-14-5-3-6-14/h13-14H,2-12,16H2,1H3. The zero-order chi connectivity index (χ0) is 12.1. The van der Waals surface area contributed by atoms with Gasteiger partial charge in [0.05, 0.1) is 12.2 Å². The molecular formula is C15H29NO. The Labute approximate surface area is 106 Å². The van der Waals surface area contributed by atoms with E-state index in [1.165, 1.54) is 57.8 Å².